The molecule has 0 bridgehead atoms. The van der Waals surface area contributed by atoms with E-state index in [1.807, 2.05) is 70.2 Å². The molecule has 8 heteroatoms. The monoisotopic (exact) mass is 537 g/mol. The predicted octanol–water partition coefficient (Wildman–Crippen LogP) is 5.40. The highest BCUT2D eigenvalue weighted by molar-refractivity contribution is 9.10. The Morgan fingerprint density at radius 1 is 1.06 bits per heavy atom. The van der Waals surface area contributed by atoms with Gasteiger partial charge in [-0.15, -0.1) is 0 Å². The van der Waals surface area contributed by atoms with Crippen molar-refractivity contribution in [2.75, 3.05) is 11.5 Å². The summed E-state index contributed by atoms with van der Waals surface area (Å²) in [5.41, 5.74) is 5.16. The first-order valence-corrected chi connectivity index (χ1v) is 12.0. The molecule has 2 heterocycles. The summed E-state index contributed by atoms with van der Waals surface area (Å²) in [6.45, 7) is 8.39. The lowest BCUT2D eigenvalue weighted by atomic mass is 10.1. The highest BCUT2D eigenvalue weighted by Gasteiger charge is 2.35. The minimum atomic E-state index is -0.508. The number of nitrogens with one attached hydrogen (secondary N) is 1. The molecule has 2 aromatic carbocycles. The third-order valence-corrected chi connectivity index (χ3v) is 6.46. The van der Waals surface area contributed by atoms with E-state index in [1.165, 1.54) is 4.90 Å². The molecule has 174 valence electrons. The summed E-state index contributed by atoms with van der Waals surface area (Å²) >= 11 is 8.77. The van der Waals surface area contributed by atoms with Gasteiger partial charge in [-0.2, -0.15) is 0 Å². The number of aromatic nitrogens is 1. The van der Waals surface area contributed by atoms with Gasteiger partial charge in [0, 0.05) is 21.5 Å². The smallest absolute Gasteiger partial charge is 0.270 e. The summed E-state index contributed by atoms with van der Waals surface area (Å²) in [6, 6.07) is 15.3. The van der Waals surface area contributed by atoms with Crippen molar-refractivity contribution >= 4 is 56.8 Å². The van der Waals surface area contributed by atoms with Crippen molar-refractivity contribution in [3.8, 4) is 11.4 Å². The number of ether oxygens (including phenoxy) is 1. The van der Waals surface area contributed by atoms with E-state index in [-0.39, 0.29) is 10.7 Å². The molecule has 1 N–H and O–H groups in total. The Morgan fingerprint density at radius 2 is 1.76 bits per heavy atom. The first kappa shape index (κ1) is 23.9. The molecule has 1 aliphatic heterocycles. The van der Waals surface area contributed by atoms with Crippen LogP contribution in [0.5, 0.6) is 5.75 Å². The minimum absolute atomic E-state index is 0.0304. The number of anilines is 1. The van der Waals surface area contributed by atoms with E-state index >= 15 is 0 Å². The number of hydrogen-bond donors (Lipinski definition) is 1. The van der Waals surface area contributed by atoms with E-state index in [2.05, 4.69) is 25.8 Å². The van der Waals surface area contributed by atoms with Crippen LogP contribution in [0, 0.1) is 20.8 Å². The summed E-state index contributed by atoms with van der Waals surface area (Å²) in [4.78, 5) is 27.6. The van der Waals surface area contributed by atoms with Gasteiger partial charge in [-0.1, -0.05) is 15.9 Å². The van der Waals surface area contributed by atoms with Gasteiger partial charge in [0.05, 0.1) is 12.3 Å². The summed E-state index contributed by atoms with van der Waals surface area (Å²) in [7, 11) is 0. The van der Waals surface area contributed by atoms with E-state index in [9.17, 15) is 9.59 Å². The van der Waals surface area contributed by atoms with Crippen molar-refractivity contribution < 1.29 is 14.3 Å². The predicted molar refractivity (Wildman–Crippen MR) is 141 cm³/mol. The van der Waals surface area contributed by atoms with Crippen LogP contribution in [0.15, 0.2) is 58.6 Å². The number of aryl methyl sites for hydroxylation is 2. The zero-order valence-corrected chi connectivity index (χ0v) is 21.7. The Hall–Kier alpha value is -3.23. The van der Waals surface area contributed by atoms with Crippen LogP contribution in [0.3, 0.4) is 0 Å². The van der Waals surface area contributed by atoms with Crippen LogP contribution in [0.1, 0.15) is 29.4 Å². The Balaban J connectivity index is 1.73. The quantitative estimate of drug-likeness (QED) is 0.269. The van der Waals surface area contributed by atoms with E-state index in [0.717, 1.165) is 38.4 Å². The molecule has 0 radical (unpaired) electrons. The largest absolute Gasteiger partial charge is 0.494 e. The maximum absolute atomic E-state index is 13.4. The second-order valence-electron chi connectivity index (χ2n) is 7.98. The number of thiocarbonyl (C=S) groups is 1. The number of hydrogen-bond acceptors (Lipinski definition) is 4. The molecule has 2 amide bonds. The number of carbonyl (C=O) groups is 2. The van der Waals surface area contributed by atoms with Crippen LogP contribution < -0.4 is 15.0 Å². The van der Waals surface area contributed by atoms with Gasteiger partial charge < -0.3 is 9.30 Å². The molecule has 4 rings (SSSR count). The van der Waals surface area contributed by atoms with Gasteiger partial charge in [-0.05, 0) is 106 Å². The number of rotatable bonds is 5. The molecule has 0 unspecified atom stereocenters. The van der Waals surface area contributed by atoms with Crippen molar-refractivity contribution in [2.24, 2.45) is 0 Å². The van der Waals surface area contributed by atoms with Crippen LogP contribution in [-0.2, 0) is 9.59 Å². The van der Waals surface area contributed by atoms with Gasteiger partial charge in [0.15, 0.2) is 5.11 Å². The fourth-order valence-corrected chi connectivity index (χ4v) is 4.84. The zero-order chi connectivity index (χ0) is 24.6. The van der Waals surface area contributed by atoms with Gasteiger partial charge in [0.25, 0.3) is 11.8 Å². The third-order valence-electron chi connectivity index (χ3n) is 5.68. The number of halogens is 1. The molecule has 34 heavy (non-hydrogen) atoms. The van der Waals surface area contributed by atoms with Gasteiger partial charge >= 0.3 is 0 Å². The van der Waals surface area contributed by atoms with Gasteiger partial charge in [0.2, 0.25) is 0 Å². The maximum Gasteiger partial charge on any atom is 0.270 e. The Morgan fingerprint density at radius 3 is 2.41 bits per heavy atom. The van der Waals surface area contributed by atoms with Crippen LogP contribution in [0.25, 0.3) is 11.8 Å². The van der Waals surface area contributed by atoms with E-state index in [1.54, 1.807) is 12.1 Å². The van der Waals surface area contributed by atoms with Crippen LogP contribution in [-0.4, -0.2) is 28.1 Å². The Bertz CT molecular complexity index is 1340. The molecule has 1 saturated heterocycles. The van der Waals surface area contributed by atoms with Crippen LogP contribution in [0.2, 0.25) is 0 Å². The summed E-state index contributed by atoms with van der Waals surface area (Å²) in [5, 5.41) is 2.73. The zero-order valence-electron chi connectivity index (χ0n) is 19.3. The van der Waals surface area contributed by atoms with Crippen molar-refractivity contribution in [2.45, 2.75) is 27.7 Å². The summed E-state index contributed by atoms with van der Waals surface area (Å²) in [6.07, 6.45) is 1.63. The topological polar surface area (TPSA) is 63.6 Å². The average Bonchev–Trinajstić information content (AvgIpc) is 3.06. The van der Waals surface area contributed by atoms with Crippen LogP contribution >= 0.6 is 28.1 Å². The Labute approximate surface area is 212 Å². The first-order valence-electron chi connectivity index (χ1n) is 10.8. The molecule has 0 spiro atoms. The highest BCUT2D eigenvalue weighted by Crippen LogP contribution is 2.29. The molecule has 1 aromatic heterocycles. The van der Waals surface area contributed by atoms with Crippen molar-refractivity contribution in [3.05, 3.63) is 81.1 Å². The number of nitrogens with zero attached hydrogens (tertiary/aromatic N) is 2. The van der Waals surface area contributed by atoms with E-state index < -0.39 is 11.8 Å². The fourth-order valence-electron chi connectivity index (χ4n) is 4.09. The maximum atomic E-state index is 13.4. The number of benzene rings is 2. The molecule has 0 atom stereocenters. The fraction of sp³-hybridized carbons (Fsp3) is 0.192. The third kappa shape index (κ3) is 4.43. The lowest BCUT2D eigenvalue weighted by Gasteiger charge is -2.30. The van der Waals surface area contributed by atoms with Gasteiger partial charge in [-0.3, -0.25) is 19.8 Å². The highest BCUT2D eigenvalue weighted by atomic mass is 79.9. The summed E-state index contributed by atoms with van der Waals surface area (Å²) < 4.78 is 8.51. The lowest BCUT2D eigenvalue weighted by Crippen LogP contribution is -2.54. The van der Waals surface area contributed by atoms with Crippen LogP contribution in [0.4, 0.5) is 5.69 Å². The lowest BCUT2D eigenvalue weighted by molar-refractivity contribution is -0.122. The number of amides is 2. The second kappa shape index (κ2) is 9.56. The normalized spacial score (nSPS) is 15.1. The van der Waals surface area contributed by atoms with Gasteiger partial charge in [0.1, 0.15) is 11.3 Å². The molecular weight excluding hydrogens is 514 g/mol. The van der Waals surface area contributed by atoms with Crippen molar-refractivity contribution in [1.82, 2.24) is 9.88 Å². The SMILES string of the molecule is CCOc1ccc(-n2c(C)cc(/C=C3\C(=O)NC(=S)N(c4ccc(Br)cc4C)C3=O)c2C)cc1. The Kier molecular flexibility index (Phi) is 6.72. The number of carbonyl (C=O) groups excluding carboxylic acids is 2. The molecule has 1 fully saturated rings. The standard InChI is InChI=1S/C26H24BrN3O3S/c1-5-33-21-9-7-20(8-10-21)29-16(3)13-18(17(29)4)14-22-24(31)28-26(34)30(25(22)32)23-11-6-19(27)12-15(23)2/h6-14H,5H2,1-4H3,(H,28,31,34)/b22-14+. The molecule has 3 aromatic rings. The molecule has 0 aliphatic carbocycles. The first-order chi connectivity index (χ1) is 16.2. The van der Waals surface area contributed by atoms with Crippen molar-refractivity contribution in [1.29, 1.82) is 0 Å². The average molecular weight is 538 g/mol. The van der Waals surface area contributed by atoms with E-state index in [0.29, 0.717) is 12.3 Å². The molecule has 1 aliphatic rings. The summed E-state index contributed by atoms with van der Waals surface area (Å²) in [5.74, 6) is -0.156. The molecular formula is C26H24BrN3O3S. The second-order valence-corrected chi connectivity index (χ2v) is 9.28. The molecule has 6 nitrogen and oxygen atoms in total. The van der Waals surface area contributed by atoms with Crippen molar-refractivity contribution in [3.63, 3.8) is 0 Å². The van der Waals surface area contributed by atoms with Gasteiger partial charge in [-0.25, -0.2) is 0 Å². The molecule has 0 saturated carbocycles. The van der Waals surface area contributed by atoms with E-state index in [4.69, 9.17) is 17.0 Å². The minimum Gasteiger partial charge on any atom is -0.494 e.